The van der Waals surface area contributed by atoms with E-state index >= 15 is 0 Å². The Bertz CT molecular complexity index is 823. The average Bonchev–Trinajstić information content (AvgIpc) is 2.98. The van der Waals surface area contributed by atoms with Crippen LogP contribution in [0, 0.1) is 0 Å². The van der Waals surface area contributed by atoms with Crippen molar-refractivity contribution in [2.24, 2.45) is 0 Å². The molecule has 1 aromatic carbocycles. The van der Waals surface area contributed by atoms with Gasteiger partial charge < -0.3 is 15.7 Å². The third-order valence-corrected chi connectivity index (χ3v) is 3.06. The number of hydrogen-bond acceptors (Lipinski definition) is 4. The minimum atomic E-state index is 0.414. The summed E-state index contributed by atoms with van der Waals surface area (Å²) in [4.78, 5) is 19.1. The first kappa shape index (κ1) is 10.1. The van der Waals surface area contributed by atoms with Crippen LogP contribution in [0.1, 0.15) is 0 Å². The molecule has 0 saturated heterocycles. The van der Waals surface area contributed by atoms with Crippen LogP contribution in [0.5, 0.6) is 0 Å². The lowest BCUT2D eigenvalue weighted by molar-refractivity contribution is 1.28. The van der Waals surface area contributed by atoms with Gasteiger partial charge in [-0.2, -0.15) is 0 Å². The molecule has 19 heavy (non-hydrogen) atoms. The number of fused-ring (bicyclic) bond motifs is 2. The van der Waals surface area contributed by atoms with Crippen molar-refractivity contribution >= 4 is 28.0 Å². The monoisotopic (exact) mass is 250 g/mol. The van der Waals surface area contributed by atoms with Crippen LogP contribution in [0.25, 0.3) is 33.5 Å². The molecule has 4 rings (SSSR count). The smallest absolute Gasteiger partial charge is 0.198 e. The van der Waals surface area contributed by atoms with E-state index in [1.165, 1.54) is 0 Å². The zero-order chi connectivity index (χ0) is 12.8. The Morgan fingerprint density at radius 3 is 2.47 bits per heavy atom. The summed E-state index contributed by atoms with van der Waals surface area (Å²) in [5, 5.41) is 0. The number of nitrogens with one attached hydrogen (secondary N) is 2. The third-order valence-electron chi connectivity index (χ3n) is 3.06. The Morgan fingerprint density at radius 2 is 1.63 bits per heavy atom. The molecule has 92 valence electrons. The second kappa shape index (κ2) is 3.55. The van der Waals surface area contributed by atoms with Gasteiger partial charge in [-0.1, -0.05) is 0 Å². The molecule has 0 aliphatic heterocycles. The van der Waals surface area contributed by atoms with E-state index in [2.05, 4.69) is 24.9 Å². The van der Waals surface area contributed by atoms with Crippen LogP contribution in [-0.2, 0) is 0 Å². The Morgan fingerprint density at radius 1 is 0.895 bits per heavy atom. The number of pyridine rings is 1. The summed E-state index contributed by atoms with van der Waals surface area (Å²) >= 11 is 0. The molecule has 4 N–H and O–H groups in total. The van der Waals surface area contributed by atoms with Gasteiger partial charge in [0.15, 0.2) is 5.95 Å². The summed E-state index contributed by atoms with van der Waals surface area (Å²) in [5.41, 5.74) is 10.2. The van der Waals surface area contributed by atoms with Crippen molar-refractivity contribution in [2.45, 2.75) is 0 Å². The number of rotatable bonds is 1. The number of anilines is 1. The first-order valence-electron chi connectivity index (χ1n) is 5.85. The zero-order valence-corrected chi connectivity index (χ0v) is 9.88. The largest absolute Gasteiger partial charge is 0.369 e. The molecule has 0 bridgehead atoms. The van der Waals surface area contributed by atoms with Gasteiger partial charge in [0.25, 0.3) is 0 Å². The molecule has 0 saturated carbocycles. The number of aromatic nitrogens is 5. The van der Waals surface area contributed by atoms with Crippen LogP contribution in [-0.4, -0.2) is 24.9 Å². The summed E-state index contributed by atoms with van der Waals surface area (Å²) in [6.45, 7) is 0. The fourth-order valence-corrected chi connectivity index (χ4v) is 2.18. The molecule has 0 spiro atoms. The molecular formula is C13H10N6. The van der Waals surface area contributed by atoms with E-state index in [-0.39, 0.29) is 0 Å². The summed E-state index contributed by atoms with van der Waals surface area (Å²) in [7, 11) is 0. The second-order valence-electron chi connectivity index (χ2n) is 4.33. The van der Waals surface area contributed by atoms with Gasteiger partial charge in [0.05, 0.1) is 22.1 Å². The van der Waals surface area contributed by atoms with Gasteiger partial charge in [-0.15, -0.1) is 0 Å². The van der Waals surface area contributed by atoms with E-state index in [9.17, 15) is 0 Å². The lowest BCUT2D eigenvalue weighted by Gasteiger charge is -1.92. The van der Waals surface area contributed by atoms with Crippen LogP contribution in [0.15, 0.2) is 36.7 Å². The first-order chi connectivity index (χ1) is 9.29. The topological polar surface area (TPSA) is 96.3 Å². The van der Waals surface area contributed by atoms with Gasteiger partial charge in [0, 0.05) is 18.0 Å². The quantitative estimate of drug-likeness (QED) is 0.482. The lowest BCUT2D eigenvalue weighted by Crippen LogP contribution is -1.84. The van der Waals surface area contributed by atoms with Gasteiger partial charge in [-0.3, -0.25) is 4.98 Å². The molecule has 6 nitrogen and oxygen atoms in total. The van der Waals surface area contributed by atoms with E-state index in [1.807, 2.05) is 24.3 Å². The predicted octanol–water partition coefficient (Wildman–Crippen LogP) is 2.08. The standard InChI is InChI=1S/C13H10N6/c14-13-18-10-5-8-9(6-11(10)19-13)17-12(16-8)7-1-3-15-4-2-7/h1-6H,(H,16,17)(H3,14,18,19). The minimum Gasteiger partial charge on any atom is -0.369 e. The van der Waals surface area contributed by atoms with Crippen molar-refractivity contribution in [1.82, 2.24) is 24.9 Å². The van der Waals surface area contributed by atoms with Crippen molar-refractivity contribution in [3.8, 4) is 11.4 Å². The van der Waals surface area contributed by atoms with E-state index in [1.54, 1.807) is 12.4 Å². The number of nitrogen functional groups attached to an aromatic ring is 1. The van der Waals surface area contributed by atoms with Gasteiger partial charge in [-0.05, 0) is 24.3 Å². The number of hydrogen-bond donors (Lipinski definition) is 3. The normalized spacial score (nSPS) is 11.4. The molecule has 0 radical (unpaired) electrons. The van der Waals surface area contributed by atoms with Crippen LogP contribution in [0.3, 0.4) is 0 Å². The maximum atomic E-state index is 5.64. The van der Waals surface area contributed by atoms with Crippen molar-refractivity contribution < 1.29 is 0 Å². The molecule has 0 atom stereocenters. The average molecular weight is 250 g/mol. The molecule has 0 aliphatic rings. The number of aromatic amines is 2. The van der Waals surface area contributed by atoms with E-state index in [4.69, 9.17) is 5.73 Å². The van der Waals surface area contributed by atoms with Crippen LogP contribution in [0.2, 0.25) is 0 Å². The fourth-order valence-electron chi connectivity index (χ4n) is 2.18. The summed E-state index contributed by atoms with van der Waals surface area (Å²) < 4.78 is 0. The summed E-state index contributed by atoms with van der Waals surface area (Å²) in [6, 6.07) is 7.71. The van der Waals surface area contributed by atoms with Crippen molar-refractivity contribution in [2.75, 3.05) is 5.73 Å². The summed E-state index contributed by atoms with van der Waals surface area (Å²) in [5.74, 6) is 1.23. The predicted molar refractivity (Wildman–Crippen MR) is 73.4 cm³/mol. The van der Waals surface area contributed by atoms with Crippen molar-refractivity contribution in [3.63, 3.8) is 0 Å². The molecule has 3 heterocycles. The van der Waals surface area contributed by atoms with Crippen LogP contribution < -0.4 is 5.73 Å². The SMILES string of the molecule is Nc1nc2cc3nc(-c4ccncc4)[nH]c3cc2[nH]1. The van der Waals surface area contributed by atoms with Gasteiger partial charge in [-0.25, -0.2) is 9.97 Å². The van der Waals surface area contributed by atoms with E-state index in [0.717, 1.165) is 33.5 Å². The second-order valence-corrected chi connectivity index (χ2v) is 4.33. The molecular weight excluding hydrogens is 240 g/mol. The maximum absolute atomic E-state index is 5.64. The number of nitrogens with two attached hydrogens (primary N) is 1. The summed E-state index contributed by atoms with van der Waals surface area (Å²) in [6.07, 6.45) is 3.49. The molecule has 6 heteroatoms. The highest BCUT2D eigenvalue weighted by Crippen LogP contribution is 2.23. The Kier molecular flexibility index (Phi) is 1.88. The van der Waals surface area contributed by atoms with Gasteiger partial charge in [0.1, 0.15) is 5.82 Å². The lowest BCUT2D eigenvalue weighted by atomic mass is 10.3. The number of benzene rings is 1. The van der Waals surface area contributed by atoms with Gasteiger partial charge in [0.2, 0.25) is 0 Å². The van der Waals surface area contributed by atoms with Crippen LogP contribution >= 0.6 is 0 Å². The molecule has 4 aromatic rings. The fraction of sp³-hybridized carbons (Fsp3) is 0. The zero-order valence-electron chi connectivity index (χ0n) is 9.88. The molecule has 3 aromatic heterocycles. The Labute approximate surface area is 107 Å². The van der Waals surface area contributed by atoms with E-state index in [0.29, 0.717) is 5.95 Å². The highest BCUT2D eigenvalue weighted by Gasteiger charge is 2.08. The third kappa shape index (κ3) is 1.54. The number of nitrogens with zero attached hydrogens (tertiary/aromatic N) is 3. The molecule has 0 fully saturated rings. The maximum Gasteiger partial charge on any atom is 0.198 e. The molecule has 0 amide bonds. The number of H-pyrrole nitrogens is 2. The van der Waals surface area contributed by atoms with Gasteiger partial charge >= 0.3 is 0 Å². The highest BCUT2D eigenvalue weighted by atomic mass is 15.0. The first-order valence-corrected chi connectivity index (χ1v) is 5.85. The Hall–Kier alpha value is -2.89. The number of imidazole rings is 2. The Balaban J connectivity index is 1.96. The van der Waals surface area contributed by atoms with Crippen molar-refractivity contribution in [3.05, 3.63) is 36.7 Å². The van der Waals surface area contributed by atoms with Crippen molar-refractivity contribution in [1.29, 1.82) is 0 Å². The molecule has 0 aliphatic carbocycles. The van der Waals surface area contributed by atoms with E-state index < -0.39 is 0 Å². The minimum absolute atomic E-state index is 0.414. The van der Waals surface area contributed by atoms with Crippen LogP contribution in [0.4, 0.5) is 5.95 Å². The molecule has 0 unspecified atom stereocenters. The highest BCUT2D eigenvalue weighted by molar-refractivity contribution is 5.93.